The number of unbranched alkanes of at least 4 members (excludes halogenated alkanes) is 9. The summed E-state index contributed by atoms with van der Waals surface area (Å²) < 4.78 is 35.9. The zero-order valence-corrected chi connectivity index (χ0v) is 20.1. The summed E-state index contributed by atoms with van der Waals surface area (Å²) in [6.45, 7) is 2.95. The number of hydrogen-bond donors (Lipinski definition) is 4. The number of carbonyl (C=O) groups is 1. The Labute approximate surface area is 192 Å². The molecule has 0 aliphatic rings. The molecule has 32 heavy (non-hydrogen) atoms. The molecule has 9 heteroatoms. The maximum atomic E-state index is 12.0. The fourth-order valence-electron chi connectivity index (χ4n) is 3.29. The first-order chi connectivity index (χ1) is 15.3. The lowest BCUT2D eigenvalue weighted by Crippen LogP contribution is -2.29. The predicted octanol–water partition coefficient (Wildman–Crippen LogP) is 4.50. The highest BCUT2D eigenvalue weighted by Crippen LogP contribution is 2.28. The first kappa shape index (κ1) is 28.0. The highest BCUT2D eigenvalue weighted by molar-refractivity contribution is 7.85. The van der Waals surface area contributed by atoms with Crippen molar-refractivity contribution in [3.05, 3.63) is 18.2 Å². The number of anilines is 1. The van der Waals surface area contributed by atoms with Crippen molar-refractivity contribution in [2.75, 3.05) is 30.8 Å². The summed E-state index contributed by atoms with van der Waals surface area (Å²) in [4.78, 5) is 12.0. The van der Waals surface area contributed by atoms with Crippen LogP contribution in [0.4, 0.5) is 5.69 Å². The van der Waals surface area contributed by atoms with E-state index in [4.69, 9.17) is 9.29 Å². The zero-order valence-electron chi connectivity index (χ0n) is 19.3. The number of benzene rings is 1. The molecule has 0 saturated carbocycles. The van der Waals surface area contributed by atoms with Gasteiger partial charge < -0.3 is 20.5 Å². The molecule has 4 N–H and O–H groups in total. The van der Waals surface area contributed by atoms with Gasteiger partial charge in [0.15, 0.2) is 6.61 Å². The molecule has 0 heterocycles. The minimum absolute atomic E-state index is 0.0139. The average Bonchev–Trinajstić information content (AvgIpc) is 2.73. The van der Waals surface area contributed by atoms with Gasteiger partial charge in [-0.25, -0.2) is 0 Å². The van der Waals surface area contributed by atoms with Crippen molar-refractivity contribution in [2.45, 2.75) is 77.6 Å². The molecule has 0 atom stereocenters. The molecule has 1 amide bonds. The van der Waals surface area contributed by atoms with Gasteiger partial charge >= 0.3 is 0 Å². The van der Waals surface area contributed by atoms with Crippen molar-refractivity contribution in [1.29, 1.82) is 0 Å². The van der Waals surface area contributed by atoms with E-state index in [0.29, 0.717) is 18.0 Å². The Kier molecular flexibility index (Phi) is 14.5. The van der Waals surface area contributed by atoms with E-state index in [-0.39, 0.29) is 37.0 Å². The van der Waals surface area contributed by atoms with Crippen LogP contribution in [-0.2, 0) is 14.9 Å². The molecule has 0 fully saturated rings. The van der Waals surface area contributed by atoms with Gasteiger partial charge in [-0.15, -0.1) is 0 Å². The van der Waals surface area contributed by atoms with Crippen molar-refractivity contribution in [3.8, 4) is 11.5 Å². The lowest BCUT2D eigenvalue weighted by atomic mass is 10.1. The molecule has 8 nitrogen and oxygen atoms in total. The number of amides is 1. The van der Waals surface area contributed by atoms with Crippen molar-refractivity contribution >= 4 is 21.7 Å². The average molecular weight is 473 g/mol. The number of carbonyl (C=O) groups excluding carboxylic acids is 1. The van der Waals surface area contributed by atoms with E-state index < -0.39 is 10.1 Å². The van der Waals surface area contributed by atoms with E-state index in [1.807, 2.05) is 0 Å². The van der Waals surface area contributed by atoms with E-state index in [1.165, 1.54) is 69.6 Å². The van der Waals surface area contributed by atoms with Crippen molar-refractivity contribution < 1.29 is 27.6 Å². The van der Waals surface area contributed by atoms with Crippen LogP contribution in [0, 0.1) is 0 Å². The van der Waals surface area contributed by atoms with E-state index in [2.05, 4.69) is 17.6 Å². The van der Waals surface area contributed by atoms with Gasteiger partial charge in [0.2, 0.25) is 0 Å². The molecule has 0 bridgehead atoms. The van der Waals surface area contributed by atoms with Gasteiger partial charge in [-0.1, -0.05) is 64.7 Å². The van der Waals surface area contributed by atoms with E-state index in [0.717, 1.165) is 12.8 Å². The smallest absolute Gasteiger partial charge is 0.264 e. The molecule has 0 spiro atoms. The second-order valence-corrected chi connectivity index (χ2v) is 9.64. The van der Waals surface area contributed by atoms with Gasteiger partial charge in [-0.05, 0) is 25.0 Å². The SMILES string of the molecule is CCCCCCCCCCCCNC(=O)COc1ccc(O)cc1NCCCS(=O)(=O)O. The number of nitrogens with one attached hydrogen (secondary N) is 2. The van der Waals surface area contributed by atoms with Crippen LogP contribution in [0.2, 0.25) is 0 Å². The molecule has 1 rings (SSSR count). The third kappa shape index (κ3) is 14.9. The summed E-state index contributed by atoms with van der Waals surface area (Å²) in [7, 11) is -4.01. The number of phenols is 1. The molecule has 0 radical (unpaired) electrons. The van der Waals surface area contributed by atoms with Crippen LogP contribution < -0.4 is 15.4 Å². The van der Waals surface area contributed by atoms with Crippen molar-refractivity contribution in [3.63, 3.8) is 0 Å². The van der Waals surface area contributed by atoms with Gasteiger partial charge in [0.25, 0.3) is 16.0 Å². The lowest BCUT2D eigenvalue weighted by molar-refractivity contribution is -0.123. The Morgan fingerprint density at radius 2 is 1.56 bits per heavy atom. The standard InChI is InChI=1S/C23H40N2O6S/c1-2-3-4-5-6-7-8-9-10-11-15-25-23(27)19-31-22-14-13-20(26)18-21(22)24-16-12-17-32(28,29)30/h13-14,18,24,26H,2-12,15-17,19H2,1H3,(H,25,27)(H,28,29,30). The van der Waals surface area contributed by atoms with Crippen LogP contribution in [-0.4, -0.2) is 49.4 Å². The number of aromatic hydroxyl groups is 1. The molecule has 184 valence electrons. The maximum absolute atomic E-state index is 12.0. The molecule has 0 aromatic heterocycles. The van der Waals surface area contributed by atoms with E-state index in [9.17, 15) is 18.3 Å². The number of ether oxygens (including phenoxy) is 1. The fourth-order valence-corrected chi connectivity index (χ4v) is 3.80. The van der Waals surface area contributed by atoms with Crippen LogP contribution in [0.25, 0.3) is 0 Å². The zero-order chi connectivity index (χ0) is 23.7. The van der Waals surface area contributed by atoms with Gasteiger partial charge in [0.05, 0.1) is 11.4 Å². The quantitative estimate of drug-likeness (QED) is 0.173. The van der Waals surface area contributed by atoms with Gasteiger partial charge in [-0.3, -0.25) is 9.35 Å². The van der Waals surface area contributed by atoms with Crippen molar-refractivity contribution in [1.82, 2.24) is 5.32 Å². The minimum Gasteiger partial charge on any atom is -0.508 e. The number of hydrogen-bond acceptors (Lipinski definition) is 6. The van der Waals surface area contributed by atoms with Crippen molar-refractivity contribution in [2.24, 2.45) is 0 Å². The summed E-state index contributed by atoms with van der Waals surface area (Å²) in [6.07, 6.45) is 12.6. The van der Waals surface area contributed by atoms with Gasteiger partial charge in [0.1, 0.15) is 11.5 Å². The first-order valence-corrected chi connectivity index (χ1v) is 13.3. The second kappa shape index (κ2) is 16.6. The Morgan fingerprint density at radius 1 is 0.938 bits per heavy atom. The molecule has 1 aromatic rings. The molecule has 0 unspecified atom stereocenters. The molecular weight excluding hydrogens is 432 g/mol. The van der Waals surface area contributed by atoms with Gasteiger partial charge in [0, 0.05) is 19.2 Å². The van der Waals surface area contributed by atoms with E-state index >= 15 is 0 Å². The van der Waals surface area contributed by atoms with Gasteiger partial charge in [-0.2, -0.15) is 8.42 Å². The van der Waals surface area contributed by atoms with Crippen LogP contribution in [0.5, 0.6) is 11.5 Å². The van der Waals surface area contributed by atoms with Crippen LogP contribution in [0.3, 0.4) is 0 Å². The monoisotopic (exact) mass is 472 g/mol. The molecule has 0 aliphatic heterocycles. The predicted molar refractivity (Wildman–Crippen MR) is 128 cm³/mol. The Morgan fingerprint density at radius 3 is 2.19 bits per heavy atom. The normalized spacial score (nSPS) is 11.3. The topological polar surface area (TPSA) is 125 Å². The van der Waals surface area contributed by atoms with Crippen LogP contribution >= 0.6 is 0 Å². The Bertz CT molecular complexity index is 755. The molecule has 1 aromatic carbocycles. The number of phenolic OH excluding ortho intramolecular Hbond substituents is 1. The third-order valence-electron chi connectivity index (χ3n) is 5.07. The highest BCUT2D eigenvalue weighted by atomic mass is 32.2. The molecular formula is C23H40N2O6S. The number of rotatable bonds is 19. The van der Waals surface area contributed by atoms with E-state index in [1.54, 1.807) is 0 Å². The summed E-state index contributed by atoms with van der Waals surface area (Å²) in [5.74, 6) is -0.189. The Hall–Kier alpha value is -2.00. The Balaban J connectivity index is 2.19. The highest BCUT2D eigenvalue weighted by Gasteiger charge is 2.09. The largest absolute Gasteiger partial charge is 0.508 e. The summed E-state index contributed by atoms with van der Waals surface area (Å²) in [6, 6.07) is 4.42. The van der Waals surface area contributed by atoms with Crippen LogP contribution in [0.15, 0.2) is 18.2 Å². The fraction of sp³-hybridized carbons (Fsp3) is 0.696. The minimum atomic E-state index is -4.01. The second-order valence-electron chi connectivity index (χ2n) is 8.07. The maximum Gasteiger partial charge on any atom is 0.264 e. The molecule has 0 aliphatic carbocycles. The summed E-state index contributed by atoms with van der Waals surface area (Å²) >= 11 is 0. The molecule has 0 saturated heterocycles. The first-order valence-electron chi connectivity index (χ1n) is 11.7. The summed E-state index contributed by atoms with van der Waals surface area (Å²) in [5, 5.41) is 15.5. The summed E-state index contributed by atoms with van der Waals surface area (Å²) in [5.41, 5.74) is 0.447. The lowest BCUT2D eigenvalue weighted by Gasteiger charge is -2.13. The third-order valence-corrected chi connectivity index (χ3v) is 5.87. The van der Waals surface area contributed by atoms with Crippen LogP contribution in [0.1, 0.15) is 77.6 Å².